The van der Waals surface area contributed by atoms with E-state index in [1.807, 2.05) is 37.3 Å². The van der Waals surface area contributed by atoms with E-state index >= 15 is 0 Å². The van der Waals surface area contributed by atoms with Gasteiger partial charge in [0.05, 0.1) is 12.7 Å². The van der Waals surface area contributed by atoms with Crippen LogP contribution in [0.15, 0.2) is 42.5 Å². The van der Waals surface area contributed by atoms with Crippen molar-refractivity contribution in [2.45, 2.75) is 13.0 Å². The summed E-state index contributed by atoms with van der Waals surface area (Å²) in [6.07, 6.45) is 0. The lowest BCUT2D eigenvalue weighted by Crippen LogP contribution is -2.08. The van der Waals surface area contributed by atoms with Crippen LogP contribution in [0, 0.1) is 0 Å². The maximum atomic E-state index is 5.99. The molecule has 2 rings (SSSR count). The van der Waals surface area contributed by atoms with Gasteiger partial charge in [0.15, 0.2) is 0 Å². The highest BCUT2D eigenvalue weighted by molar-refractivity contribution is 6.30. The summed E-state index contributed by atoms with van der Waals surface area (Å²) in [6.45, 7) is 1.90. The average molecular weight is 278 g/mol. The van der Waals surface area contributed by atoms with Crippen molar-refractivity contribution in [3.05, 3.63) is 53.1 Å². The first-order chi connectivity index (χ1) is 9.11. The molecule has 0 fully saturated rings. The number of halogens is 1. The minimum atomic E-state index is -0.182. The predicted octanol–water partition coefficient (Wildman–Crippen LogP) is 4.16. The Labute approximate surface area is 117 Å². The smallest absolute Gasteiger partial charge is 0.135 e. The largest absolute Gasteiger partial charge is 0.496 e. The van der Waals surface area contributed by atoms with E-state index in [0.717, 1.165) is 11.3 Å². The molecule has 2 aromatic rings. The molecule has 2 N–H and O–H groups in total. The van der Waals surface area contributed by atoms with Crippen LogP contribution in [-0.4, -0.2) is 7.11 Å². The topological polar surface area (TPSA) is 44.5 Å². The summed E-state index contributed by atoms with van der Waals surface area (Å²) in [5.41, 5.74) is 6.83. The molecule has 0 aliphatic carbocycles. The van der Waals surface area contributed by atoms with Crippen molar-refractivity contribution in [3.8, 4) is 17.2 Å². The number of ether oxygens (including phenoxy) is 2. The van der Waals surface area contributed by atoms with Gasteiger partial charge >= 0.3 is 0 Å². The Morgan fingerprint density at radius 1 is 1.05 bits per heavy atom. The summed E-state index contributed by atoms with van der Waals surface area (Å²) in [4.78, 5) is 0. The van der Waals surface area contributed by atoms with Gasteiger partial charge in [0.1, 0.15) is 17.2 Å². The van der Waals surface area contributed by atoms with Gasteiger partial charge in [0, 0.05) is 11.1 Å². The number of hydrogen-bond donors (Lipinski definition) is 1. The zero-order valence-corrected chi connectivity index (χ0v) is 11.6. The molecule has 0 aliphatic rings. The zero-order valence-electron chi connectivity index (χ0n) is 10.9. The second kappa shape index (κ2) is 5.95. The molecule has 0 saturated heterocycles. The lowest BCUT2D eigenvalue weighted by atomic mass is 10.1. The van der Waals surface area contributed by atoms with Crippen LogP contribution in [0.1, 0.15) is 18.5 Å². The van der Waals surface area contributed by atoms with E-state index < -0.39 is 0 Å². The van der Waals surface area contributed by atoms with Gasteiger partial charge in [-0.2, -0.15) is 0 Å². The summed E-state index contributed by atoms with van der Waals surface area (Å²) >= 11 is 5.85. The minimum Gasteiger partial charge on any atom is -0.496 e. The first-order valence-corrected chi connectivity index (χ1v) is 6.35. The third kappa shape index (κ3) is 3.19. The lowest BCUT2D eigenvalue weighted by Gasteiger charge is -2.17. The Bertz CT molecular complexity index is 553. The van der Waals surface area contributed by atoms with E-state index in [1.165, 1.54) is 0 Å². The van der Waals surface area contributed by atoms with Crippen molar-refractivity contribution in [3.63, 3.8) is 0 Å². The average Bonchev–Trinajstić information content (AvgIpc) is 2.40. The van der Waals surface area contributed by atoms with E-state index in [9.17, 15) is 0 Å². The molecule has 0 unspecified atom stereocenters. The molecule has 19 heavy (non-hydrogen) atoms. The molecule has 4 heteroatoms. The third-order valence-corrected chi connectivity index (χ3v) is 2.99. The summed E-state index contributed by atoms with van der Waals surface area (Å²) in [6, 6.07) is 12.6. The number of benzene rings is 2. The first kappa shape index (κ1) is 13.7. The predicted molar refractivity (Wildman–Crippen MR) is 77.1 cm³/mol. The summed E-state index contributed by atoms with van der Waals surface area (Å²) in [7, 11) is 1.62. The van der Waals surface area contributed by atoms with Crippen molar-refractivity contribution in [2.24, 2.45) is 5.73 Å². The number of hydrogen-bond acceptors (Lipinski definition) is 3. The standard InChI is InChI=1S/C15H16ClNO2/c1-10(17)15-13(18-2)4-3-5-14(15)19-12-8-6-11(16)7-9-12/h3-10H,17H2,1-2H3/t10-/m0/s1. The van der Waals surface area contributed by atoms with E-state index in [4.69, 9.17) is 26.8 Å². The molecule has 0 heterocycles. The molecule has 0 saturated carbocycles. The molecular weight excluding hydrogens is 262 g/mol. The Hall–Kier alpha value is -1.71. The molecule has 0 bridgehead atoms. The number of rotatable bonds is 4. The van der Waals surface area contributed by atoms with Crippen molar-refractivity contribution >= 4 is 11.6 Å². The summed E-state index contributed by atoms with van der Waals surface area (Å²) in [5.74, 6) is 2.12. The fourth-order valence-corrected chi connectivity index (χ4v) is 2.00. The molecule has 0 spiro atoms. The van der Waals surface area contributed by atoms with Gasteiger partial charge in [0.2, 0.25) is 0 Å². The minimum absolute atomic E-state index is 0.182. The Morgan fingerprint density at radius 2 is 1.68 bits per heavy atom. The van der Waals surface area contributed by atoms with Gasteiger partial charge in [-0.1, -0.05) is 17.7 Å². The van der Waals surface area contributed by atoms with Crippen LogP contribution in [0.3, 0.4) is 0 Å². The van der Waals surface area contributed by atoms with Crippen LogP contribution in [0.5, 0.6) is 17.2 Å². The molecule has 3 nitrogen and oxygen atoms in total. The van der Waals surface area contributed by atoms with Crippen molar-refractivity contribution < 1.29 is 9.47 Å². The Kier molecular flexibility index (Phi) is 4.30. The van der Waals surface area contributed by atoms with Crippen molar-refractivity contribution in [2.75, 3.05) is 7.11 Å². The highest BCUT2D eigenvalue weighted by atomic mass is 35.5. The van der Waals surface area contributed by atoms with Crippen LogP contribution in [0.2, 0.25) is 5.02 Å². The molecule has 2 aromatic carbocycles. The van der Waals surface area contributed by atoms with Gasteiger partial charge < -0.3 is 15.2 Å². The second-order valence-corrected chi connectivity index (χ2v) is 4.65. The van der Waals surface area contributed by atoms with E-state index in [2.05, 4.69) is 0 Å². The molecule has 0 radical (unpaired) electrons. The first-order valence-electron chi connectivity index (χ1n) is 5.97. The zero-order chi connectivity index (χ0) is 13.8. The van der Waals surface area contributed by atoms with Crippen molar-refractivity contribution in [1.82, 2.24) is 0 Å². The number of nitrogens with two attached hydrogens (primary N) is 1. The molecule has 0 aromatic heterocycles. The van der Waals surface area contributed by atoms with Crippen LogP contribution in [0.25, 0.3) is 0 Å². The van der Waals surface area contributed by atoms with Gasteiger partial charge in [-0.3, -0.25) is 0 Å². The van der Waals surface area contributed by atoms with Gasteiger partial charge in [0.25, 0.3) is 0 Å². The molecule has 100 valence electrons. The normalized spacial score (nSPS) is 12.0. The molecule has 0 amide bonds. The van der Waals surface area contributed by atoms with Gasteiger partial charge in [-0.15, -0.1) is 0 Å². The molecular formula is C15H16ClNO2. The van der Waals surface area contributed by atoms with Gasteiger partial charge in [-0.25, -0.2) is 0 Å². The van der Waals surface area contributed by atoms with E-state index in [1.54, 1.807) is 19.2 Å². The Morgan fingerprint density at radius 3 is 2.26 bits per heavy atom. The van der Waals surface area contributed by atoms with Crippen LogP contribution in [-0.2, 0) is 0 Å². The third-order valence-electron chi connectivity index (χ3n) is 2.74. The van der Waals surface area contributed by atoms with Crippen LogP contribution < -0.4 is 15.2 Å². The maximum Gasteiger partial charge on any atom is 0.135 e. The van der Waals surface area contributed by atoms with Crippen molar-refractivity contribution in [1.29, 1.82) is 0 Å². The van der Waals surface area contributed by atoms with Crippen LogP contribution in [0.4, 0.5) is 0 Å². The highest BCUT2D eigenvalue weighted by Gasteiger charge is 2.14. The monoisotopic (exact) mass is 277 g/mol. The molecule has 0 aliphatic heterocycles. The maximum absolute atomic E-state index is 5.99. The highest BCUT2D eigenvalue weighted by Crippen LogP contribution is 2.35. The van der Waals surface area contributed by atoms with E-state index in [0.29, 0.717) is 16.5 Å². The fourth-order valence-electron chi connectivity index (χ4n) is 1.87. The quantitative estimate of drug-likeness (QED) is 0.912. The van der Waals surface area contributed by atoms with Gasteiger partial charge in [-0.05, 0) is 43.3 Å². The van der Waals surface area contributed by atoms with E-state index in [-0.39, 0.29) is 6.04 Å². The summed E-state index contributed by atoms with van der Waals surface area (Å²) in [5, 5.41) is 0.672. The SMILES string of the molecule is COc1cccc(Oc2ccc(Cl)cc2)c1[C@H](C)N. The Balaban J connectivity index is 2.36. The lowest BCUT2D eigenvalue weighted by molar-refractivity contribution is 0.397. The summed E-state index contributed by atoms with van der Waals surface area (Å²) < 4.78 is 11.2. The fraction of sp³-hybridized carbons (Fsp3) is 0.200. The van der Waals surface area contributed by atoms with Crippen LogP contribution >= 0.6 is 11.6 Å². The molecule has 1 atom stereocenters. The number of methoxy groups -OCH3 is 1. The second-order valence-electron chi connectivity index (χ2n) is 4.22.